The molecule has 0 fully saturated rings. The van der Waals surface area contributed by atoms with Crippen LogP contribution in [0.3, 0.4) is 0 Å². The number of aliphatic hydroxyl groups is 1. The molecule has 0 aliphatic heterocycles. The van der Waals surface area contributed by atoms with Gasteiger partial charge in [0.25, 0.3) is 0 Å². The predicted molar refractivity (Wildman–Crippen MR) is 66.3 cm³/mol. The second-order valence-corrected chi connectivity index (χ2v) is 4.02. The summed E-state index contributed by atoms with van der Waals surface area (Å²) in [6.45, 7) is 0. The largest absolute Gasteiger partial charge is 0.516 e. The molecule has 1 aliphatic rings. The van der Waals surface area contributed by atoms with Gasteiger partial charge in [0.05, 0.1) is 6.26 Å². The molecule has 0 atom stereocenters. The second-order valence-electron chi connectivity index (χ2n) is 4.02. The molecule has 1 heteroatoms. The molecule has 78 valence electrons. The van der Waals surface area contributed by atoms with Crippen LogP contribution >= 0.6 is 0 Å². The highest BCUT2D eigenvalue weighted by molar-refractivity contribution is 5.80. The minimum Gasteiger partial charge on any atom is -0.516 e. The number of hydrogen-bond donors (Lipinski definition) is 1. The number of hydrogen-bond acceptors (Lipinski definition) is 1. The minimum absolute atomic E-state index is 0.964. The maximum absolute atomic E-state index is 8.89. The van der Waals surface area contributed by atoms with Crippen LogP contribution in [0.5, 0.6) is 0 Å². The third-order valence-electron chi connectivity index (χ3n) is 3.14. The quantitative estimate of drug-likeness (QED) is 0.603. The number of rotatable bonds is 1. The van der Waals surface area contributed by atoms with E-state index in [-0.39, 0.29) is 0 Å². The van der Waals surface area contributed by atoms with E-state index in [2.05, 4.69) is 30.3 Å². The molecule has 1 aliphatic carbocycles. The van der Waals surface area contributed by atoms with Crippen molar-refractivity contribution in [1.29, 1.82) is 0 Å². The monoisotopic (exact) mass is 208 g/mol. The van der Waals surface area contributed by atoms with Crippen molar-refractivity contribution in [3.05, 3.63) is 65.4 Å². The van der Waals surface area contributed by atoms with Crippen molar-refractivity contribution in [2.24, 2.45) is 0 Å². The standard InChI is InChI=1S/C15H12O/c16-9-8-11-5-3-7-14-13-6-2-1-4-12(13)10-15(11)14/h1-9,16H,10H2. The highest BCUT2D eigenvalue weighted by Crippen LogP contribution is 2.38. The van der Waals surface area contributed by atoms with E-state index in [9.17, 15) is 0 Å². The van der Waals surface area contributed by atoms with Gasteiger partial charge >= 0.3 is 0 Å². The van der Waals surface area contributed by atoms with Crippen LogP contribution < -0.4 is 0 Å². The molecule has 2 aromatic carbocycles. The van der Waals surface area contributed by atoms with Crippen LogP contribution in [0.25, 0.3) is 17.2 Å². The lowest BCUT2D eigenvalue weighted by Crippen LogP contribution is -1.85. The van der Waals surface area contributed by atoms with Crippen LogP contribution in [0.2, 0.25) is 0 Å². The maximum atomic E-state index is 8.89. The van der Waals surface area contributed by atoms with Crippen LogP contribution in [-0.4, -0.2) is 5.11 Å². The van der Waals surface area contributed by atoms with Crippen LogP contribution in [0.4, 0.5) is 0 Å². The second kappa shape index (κ2) is 3.53. The Labute approximate surface area is 94.7 Å². The van der Waals surface area contributed by atoms with Crippen LogP contribution in [0.1, 0.15) is 16.7 Å². The van der Waals surface area contributed by atoms with E-state index in [0.717, 1.165) is 18.2 Å². The van der Waals surface area contributed by atoms with Crippen LogP contribution in [0.15, 0.2) is 48.7 Å². The Balaban J connectivity index is 2.23. The summed E-state index contributed by atoms with van der Waals surface area (Å²) in [5.41, 5.74) is 6.42. The van der Waals surface area contributed by atoms with Crippen molar-refractivity contribution in [3.8, 4) is 11.1 Å². The molecule has 1 nitrogen and oxygen atoms in total. The summed E-state index contributed by atoms with van der Waals surface area (Å²) in [5.74, 6) is 0. The molecule has 2 aromatic rings. The molecule has 0 radical (unpaired) electrons. The molecule has 16 heavy (non-hydrogen) atoms. The molecule has 0 heterocycles. The topological polar surface area (TPSA) is 20.2 Å². The lowest BCUT2D eigenvalue weighted by Gasteiger charge is -2.03. The zero-order chi connectivity index (χ0) is 11.0. The van der Waals surface area contributed by atoms with E-state index in [1.165, 1.54) is 22.3 Å². The first kappa shape index (κ1) is 9.22. The summed E-state index contributed by atoms with van der Waals surface area (Å²) in [4.78, 5) is 0. The van der Waals surface area contributed by atoms with Gasteiger partial charge in [0.1, 0.15) is 0 Å². The van der Waals surface area contributed by atoms with Crippen molar-refractivity contribution in [3.63, 3.8) is 0 Å². The number of benzene rings is 2. The van der Waals surface area contributed by atoms with E-state index < -0.39 is 0 Å². The Morgan fingerprint density at radius 2 is 1.75 bits per heavy atom. The molecule has 0 bridgehead atoms. The van der Waals surface area contributed by atoms with Crippen molar-refractivity contribution >= 4 is 6.08 Å². The average Bonchev–Trinajstić information content (AvgIpc) is 2.69. The van der Waals surface area contributed by atoms with Gasteiger partial charge in [0.15, 0.2) is 0 Å². The lowest BCUT2D eigenvalue weighted by atomic mass is 10.0. The smallest absolute Gasteiger partial charge is 0.0797 e. The van der Waals surface area contributed by atoms with Crippen molar-refractivity contribution in [1.82, 2.24) is 0 Å². The van der Waals surface area contributed by atoms with Gasteiger partial charge in [-0.1, -0.05) is 42.5 Å². The van der Waals surface area contributed by atoms with E-state index >= 15 is 0 Å². The lowest BCUT2D eigenvalue weighted by molar-refractivity contribution is 0.478. The molecule has 0 aromatic heterocycles. The van der Waals surface area contributed by atoms with E-state index in [0.29, 0.717) is 0 Å². The first-order valence-corrected chi connectivity index (χ1v) is 5.41. The Hall–Kier alpha value is -2.02. The summed E-state index contributed by atoms with van der Waals surface area (Å²) in [6.07, 6.45) is 3.83. The van der Waals surface area contributed by atoms with Crippen molar-refractivity contribution in [2.75, 3.05) is 0 Å². The van der Waals surface area contributed by atoms with E-state index in [4.69, 9.17) is 5.11 Å². The molecule has 3 rings (SSSR count). The maximum Gasteiger partial charge on any atom is 0.0797 e. The zero-order valence-corrected chi connectivity index (χ0v) is 8.85. The average molecular weight is 208 g/mol. The van der Waals surface area contributed by atoms with Gasteiger partial charge in [-0.15, -0.1) is 0 Å². The molecule has 0 amide bonds. The molecule has 1 N–H and O–H groups in total. The highest BCUT2D eigenvalue weighted by Gasteiger charge is 2.18. The Bertz CT molecular complexity index is 567. The van der Waals surface area contributed by atoms with Gasteiger partial charge in [-0.3, -0.25) is 0 Å². The van der Waals surface area contributed by atoms with E-state index in [1.807, 2.05) is 12.1 Å². The summed E-state index contributed by atoms with van der Waals surface area (Å²) < 4.78 is 0. The zero-order valence-electron chi connectivity index (χ0n) is 8.85. The molecule has 0 spiro atoms. The van der Waals surface area contributed by atoms with Crippen molar-refractivity contribution in [2.45, 2.75) is 6.42 Å². The Kier molecular flexibility index (Phi) is 2.03. The predicted octanol–water partition coefficient (Wildman–Crippen LogP) is 3.79. The molecule has 0 saturated heterocycles. The number of fused-ring (bicyclic) bond motifs is 3. The third-order valence-corrected chi connectivity index (χ3v) is 3.14. The van der Waals surface area contributed by atoms with Gasteiger partial charge in [0, 0.05) is 0 Å². The SMILES string of the molecule is OC=Cc1cccc2c1Cc1ccccc1-2. The summed E-state index contributed by atoms with van der Waals surface area (Å²) in [7, 11) is 0. The van der Waals surface area contributed by atoms with Crippen molar-refractivity contribution < 1.29 is 5.11 Å². The molecular formula is C15H12O. The van der Waals surface area contributed by atoms with Gasteiger partial charge in [0.2, 0.25) is 0 Å². The first-order chi connectivity index (χ1) is 7.90. The minimum atomic E-state index is 0.964. The van der Waals surface area contributed by atoms with Gasteiger partial charge in [-0.2, -0.15) is 0 Å². The van der Waals surface area contributed by atoms with Gasteiger partial charge in [-0.05, 0) is 40.3 Å². The Morgan fingerprint density at radius 1 is 0.938 bits per heavy atom. The Morgan fingerprint density at radius 3 is 2.62 bits per heavy atom. The molecule has 0 unspecified atom stereocenters. The molecule has 0 saturated carbocycles. The third kappa shape index (κ3) is 1.25. The van der Waals surface area contributed by atoms with Gasteiger partial charge in [-0.25, -0.2) is 0 Å². The van der Waals surface area contributed by atoms with Crippen LogP contribution in [-0.2, 0) is 6.42 Å². The first-order valence-electron chi connectivity index (χ1n) is 5.41. The summed E-state index contributed by atoms with van der Waals surface area (Å²) >= 11 is 0. The summed E-state index contributed by atoms with van der Waals surface area (Å²) in [5, 5.41) is 8.89. The summed E-state index contributed by atoms with van der Waals surface area (Å²) in [6, 6.07) is 14.7. The normalized spacial score (nSPS) is 12.8. The van der Waals surface area contributed by atoms with Crippen LogP contribution in [0, 0.1) is 0 Å². The fraction of sp³-hybridized carbons (Fsp3) is 0.0667. The number of aliphatic hydroxyl groups excluding tert-OH is 1. The van der Waals surface area contributed by atoms with E-state index in [1.54, 1.807) is 6.08 Å². The fourth-order valence-electron chi connectivity index (χ4n) is 2.42. The highest BCUT2D eigenvalue weighted by atomic mass is 16.2. The molecular weight excluding hydrogens is 196 g/mol. The fourth-order valence-corrected chi connectivity index (χ4v) is 2.42. The van der Waals surface area contributed by atoms with Gasteiger partial charge < -0.3 is 5.11 Å².